The predicted molar refractivity (Wildman–Crippen MR) is 111 cm³/mol. The summed E-state index contributed by atoms with van der Waals surface area (Å²) in [6, 6.07) is 18.1. The minimum atomic E-state index is -0.580. The molecule has 0 aliphatic rings. The lowest BCUT2D eigenvalue weighted by atomic mass is 10.1. The number of primary amides is 1. The smallest absolute Gasteiger partial charge is 0.312 e. The highest BCUT2D eigenvalue weighted by molar-refractivity contribution is 7.98. The van der Waals surface area contributed by atoms with Gasteiger partial charge in [-0.15, -0.1) is 11.8 Å². The molecule has 0 unspecified atom stereocenters. The summed E-state index contributed by atoms with van der Waals surface area (Å²) in [5, 5.41) is 5.39. The van der Waals surface area contributed by atoms with Crippen molar-refractivity contribution in [2.75, 3.05) is 5.32 Å². The highest BCUT2D eigenvalue weighted by Gasteiger charge is 2.07. The van der Waals surface area contributed by atoms with E-state index in [0.29, 0.717) is 12.1 Å². The summed E-state index contributed by atoms with van der Waals surface area (Å²) in [7, 11) is 0. The Morgan fingerprint density at radius 1 is 0.964 bits per heavy atom. The Morgan fingerprint density at radius 2 is 1.71 bits per heavy atom. The summed E-state index contributed by atoms with van der Waals surface area (Å²) in [5.74, 6) is 0.654. The Balaban J connectivity index is 1.53. The molecular weight excluding hydrogens is 372 g/mol. The molecule has 0 saturated heterocycles. The Kier molecular flexibility index (Phi) is 6.64. The van der Waals surface area contributed by atoms with E-state index in [-0.39, 0.29) is 5.91 Å². The number of amides is 3. The van der Waals surface area contributed by atoms with Gasteiger partial charge in [-0.05, 0) is 53.6 Å². The third-order valence-corrected chi connectivity index (χ3v) is 5.01. The molecule has 1 heterocycles. The van der Waals surface area contributed by atoms with Crippen LogP contribution in [0, 0.1) is 0 Å². The van der Waals surface area contributed by atoms with Crippen LogP contribution < -0.4 is 16.4 Å². The number of carbonyl (C=O) groups is 2. The minimum absolute atomic E-state index is 0.190. The normalized spacial score (nSPS) is 10.3. The van der Waals surface area contributed by atoms with E-state index in [4.69, 9.17) is 5.73 Å². The third-order valence-electron chi connectivity index (χ3n) is 3.92. The maximum absolute atomic E-state index is 12.4. The standard InChI is InChI=1S/C21H20N4O2S/c22-21(27)24-13-15-3-5-17(6-4-15)20(26)25-18-7-9-19(10-8-18)28-14-16-2-1-11-23-12-16/h1-12H,13-14H2,(H,25,26)(H3,22,24,27). The van der Waals surface area contributed by atoms with Gasteiger partial charge in [0.25, 0.3) is 5.91 Å². The summed E-state index contributed by atoms with van der Waals surface area (Å²) >= 11 is 1.71. The van der Waals surface area contributed by atoms with E-state index in [2.05, 4.69) is 15.6 Å². The zero-order valence-electron chi connectivity index (χ0n) is 15.1. The van der Waals surface area contributed by atoms with Crippen LogP contribution in [0.4, 0.5) is 10.5 Å². The molecule has 2 aromatic carbocycles. The van der Waals surface area contributed by atoms with Gasteiger partial charge in [-0.1, -0.05) is 18.2 Å². The first-order valence-corrected chi connectivity index (χ1v) is 9.64. The van der Waals surface area contributed by atoms with Gasteiger partial charge in [0.05, 0.1) is 0 Å². The van der Waals surface area contributed by atoms with Crippen LogP contribution in [0.1, 0.15) is 21.5 Å². The van der Waals surface area contributed by atoms with Crippen molar-refractivity contribution in [2.45, 2.75) is 17.2 Å². The molecule has 0 aliphatic carbocycles. The van der Waals surface area contributed by atoms with E-state index in [1.807, 2.05) is 42.6 Å². The molecule has 0 atom stereocenters. The van der Waals surface area contributed by atoms with Gasteiger partial charge in [0.1, 0.15) is 0 Å². The monoisotopic (exact) mass is 392 g/mol. The van der Waals surface area contributed by atoms with Crippen LogP contribution in [0.2, 0.25) is 0 Å². The van der Waals surface area contributed by atoms with Gasteiger partial charge in [0.2, 0.25) is 0 Å². The van der Waals surface area contributed by atoms with Crippen LogP contribution >= 0.6 is 11.8 Å². The van der Waals surface area contributed by atoms with E-state index in [1.54, 1.807) is 42.2 Å². The van der Waals surface area contributed by atoms with Crippen LogP contribution in [-0.2, 0) is 12.3 Å². The van der Waals surface area contributed by atoms with Gasteiger partial charge in [0.15, 0.2) is 0 Å². The number of anilines is 1. The number of nitrogens with two attached hydrogens (primary N) is 1. The number of urea groups is 1. The number of carbonyl (C=O) groups excluding carboxylic acids is 2. The van der Waals surface area contributed by atoms with Gasteiger partial charge < -0.3 is 16.4 Å². The Labute approximate surface area is 167 Å². The number of nitrogens with zero attached hydrogens (tertiary/aromatic N) is 1. The van der Waals surface area contributed by atoms with E-state index in [1.165, 1.54) is 5.56 Å². The average Bonchev–Trinajstić information content (AvgIpc) is 2.73. The molecule has 0 fully saturated rings. The highest BCUT2D eigenvalue weighted by atomic mass is 32.2. The van der Waals surface area contributed by atoms with Gasteiger partial charge >= 0.3 is 6.03 Å². The number of rotatable bonds is 7. The van der Waals surface area contributed by atoms with Crippen LogP contribution in [0.15, 0.2) is 78.0 Å². The summed E-state index contributed by atoms with van der Waals surface area (Å²) in [6.45, 7) is 0.329. The first kappa shape index (κ1) is 19.4. The third kappa shape index (κ3) is 5.85. The van der Waals surface area contributed by atoms with Crippen molar-refractivity contribution in [1.82, 2.24) is 10.3 Å². The molecule has 0 saturated carbocycles. The van der Waals surface area contributed by atoms with E-state index in [0.717, 1.165) is 21.9 Å². The average molecular weight is 392 g/mol. The molecule has 0 aliphatic heterocycles. The van der Waals surface area contributed by atoms with Crippen LogP contribution in [0.3, 0.4) is 0 Å². The predicted octanol–water partition coefficient (Wildman–Crippen LogP) is 3.79. The second kappa shape index (κ2) is 9.57. The lowest BCUT2D eigenvalue weighted by molar-refractivity contribution is 0.102. The maximum atomic E-state index is 12.4. The fraction of sp³-hybridized carbons (Fsp3) is 0.0952. The zero-order chi connectivity index (χ0) is 19.8. The van der Waals surface area contributed by atoms with Crippen molar-refractivity contribution < 1.29 is 9.59 Å². The summed E-state index contributed by atoms with van der Waals surface area (Å²) in [6.07, 6.45) is 3.62. The number of hydrogen-bond acceptors (Lipinski definition) is 4. The SMILES string of the molecule is NC(=O)NCc1ccc(C(=O)Nc2ccc(SCc3cccnc3)cc2)cc1. The molecule has 142 valence electrons. The van der Waals surface area contributed by atoms with Crippen molar-refractivity contribution in [2.24, 2.45) is 5.73 Å². The van der Waals surface area contributed by atoms with Crippen molar-refractivity contribution in [3.63, 3.8) is 0 Å². The summed E-state index contributed by atoms with van der Waals surface area (Å²) < 4.78 is 0. The van der Waals surface area contributed by atoms with Gasteiger partial charge in [-0.2, -0.15) is 0 Å². The van der Waals surface area contributed by atoms with Crippen LogP contribution in [0.5, 0.6) is 0 Å². The molecule has 7 heteroatoms. The molecule has 4 N–H and O–H groups in total. The van der Waals surface area contributed by atoms with Crippen molar-refractivity contribution in [3.8, 4) is 0 Å². The molecule has 3 rings (SSSR count). The topological polar surface area (TPSA) is 97.1 Å². The van der Waals surface area contributed by atoms with E-state index < -0.39 is 6.03 Å². The highest BCUT2D eigenvalue weighted by Crippen LogP contribution is 2.24. The number of pyridine rings is 1. The largest absolute Gasteiger partial charge is 0.352 e. The lowest BCUT2D eigenvalue weighted by Crippen LogP contribution is -2.28. The molecule has 0 radical (unpaired) electrons. The van der Waals surface area contributed by atoms with Crippen LogP contribution in [0.25, 0.3) is 0 Å². The molecule has 28 heavy (non-hydrogen) atoms. The number of benzene rings is 2. The summed E-state index contributed by atoms with van der Waals surface area (Å²) in [5.41, 5.74) is 8.35. The number of thioether (sulfide) groups is 1. The Hall–Kier alpha value is -3.32. The number of aromatic nitrogens is 1. The Morgan fingerprint density at radius 3 is 2.36 bits per heavy atom. The first-order chi connectivity index (χ1) is 13.6. The van der Waals surface area contributed by atoms with Gasteiger partial charge in [0, 0.05) is 40.8 Å². The first-order valence-electron chi connectivity index (χ1n) is 8.65. The zero-order valence-corrected chi connectivity index (χ0v) is 15.9. The van der Waals surface area contributed by atoms with Crippen molar-refractivity contribution in [1.29, 1.82) is 0 Å². The lowest BCUT2D eigenvalue weighted by Gasteiger charge is -2.08. The molecule has 3 amide bonds. The fourth-order valence-electron chi connectivity index (χ4n) is 2.45. The Bertz CT molecular complexity index is 929. The number of nitrogens with one attached hydrogen (secondary N) is 2. The number of hydrogen-bond donors (Lipinski definition) is 3. The molecule has 6 nitrogen and oxygen atoms in total. The maximum Gasteiger partial charge on any atom is 0.312 e. The summed E-state index contributed by atoms with van der Waals surface area (Å²) in [4.78, 5) is 28.3. The second-order valence-electron chi connectivity index (χ2n) is 6.04. The molecule has 3 aromatic rings. The van der Waals surface area contributed by atoms with Crippen molar-refractivity contribution in [3.05, 3.63) is 89.7 Å². The molecular formula is C21H20N4O2S. The second-order valence-corrected chi connectivity index (χ2v) is 7.09. The van der Waals surface area contributed by atoms with Crippen molar-refractivity contribution >= 4 is 29.4 Å². The van der Waals surface area contributed by atoms with E-state index in [9.17, 15) is 9.59 Å². The van der Waals surface area contributed by atoms with Gasteiger partial charge in [-0.3, -0.25) is 9.78 Å². The van der Waals surface area contributed by atoms with Crippen LogP contribution in [-0.4, -0.2) is 16.9 Å². The molecule has 0 spiro atoms. The molecule has 1 aromatic heterocycles. The van der Waals surface area contributed by atoms with Gasteiger partial charge in [-0.25, -0.2) is 4.79 Å². The quantitative estimate of drug-likeness (QED) is 0.533. The minimum Gasteiger partial charge on any atom is -0.352 e. The molecule has 0 bridgehead atoms. The fourth-order valence-corrected chi connectivity index (χ4v) is 3.28. The van der Waals surface area contributed by atoms with E-state index >= 15 is 0 Å².